The van der Waals surface area contributed by atoms with E-state index in [1.807, 2.05) is 0 Å². The number of carboxylic acid groups (broad SMARTS) is 1. The van der Waals surface area contributed by atoms with E-state index in [1.165, 1.54) is 18.2 Å². The van der Waals surface area contributed by atoms with Gasteiger partial charge in [0.25, 0.3) is 5.91 Å². The quantitative estimate of drug-likeness (QED) is 0.684. The van der Waals surface area contributed by atoms with Crippen LogP contribution in [0.25, 0.3) is 0 Å². The largest absolute Gasteiger partial charge is 0.481 e. The zero-order valence-electron chi connectivity index (χ0n) is 9.98. The molecule has 0 fully saturated rings. The maximum atomic E-state index is 12.9. The van der Waals surface area contributed by atoms with E-state index in [-0.39, 0.29) is 25.1 Å². The van der Waals surface area contributed by atoms with Gasteiger partial charge in [0.15, 0.2) is 0 Å². The van der Waals surface area contributed by atoms with Gasteiger partial charge in [0.05, 0.1) is 13.0 Å². The van der Waals surface area contributed by atoms with Gasteiger partial charge in [-0.05, 0) is 18.2 Å². The summed E-state index contributed by atoms with van der Waals surface area (Å²) in [5.74, 6) is -2.65. The molecule has 0 radical (unpaired) electrons. The molecule has 2 amide bonds. The van der Waals surface area contributed by atoms with Gasteiger partial charge in [-0.3, -0.25) is 14.4 Å². The van der Waals surface area contributed by atoms with Crippen LogP contribution >= 0.6 is 0 Å². The molecule has 6 nitrogen and oxygen atoms in total. The molecule has 0 atom stereocenters. The molecule has 0 aliphatic carbocycles. The minimum Gasteiger partial charge on any atom is -0.481 e. The molecule has 0 saturated carbocycles. The second-order valence-electron chi connectivity index (χ2n) is 3.69. The molecule has 0 bridgehead atoms. The highest BCUT2D eigenvalue weighted by Crippen LogP contribution is 2.02. The number of aliphatic carboxylic acids is 1. The second-order valence-corrected chi connectivity index (χ2v) is 3.69. The molecule has 0 unspecified atom stereocenters. The van der Waals surface area contributed by atoms with Gasteiger partial charge >= 0.3 is 5.97 Å². The summed E-state index contributed by atoms with van der Waals surface area (Å²) in [6, 6.07) is 5.06. The van der Waals surface area contributed by atoms with Crippen LogP contribution in [0.4, 0.5) is 4.39 Å². The summed E-state index contributed by atoms with van der Waals surface area (Å²) in [6.07, 6.45) is -0.191. The topological polar surface area (TPSA) is 95.5 Å². The summed E-state index contributed by atoms with van der Waals surface area (Å²) >= 11 is 0. The molecule has 0 saturated heterocycles. The number of carboxylic acids is 1. The number of rotatable bonds is 6. The Kier molecular flexibility index (Phi) is 5.46. The van der Waals surface area contributed by atoms with Crippen LogP contribution < -0.4 is 10.6 Å². The minimum atomic E-state index is -1.02. The van der Waals surface area contributed by atoms with Gasteiger partial charge in [0.2, 0.25) is 5.91 Å². The lowest BCUT2D eigenvalue weighted by molar-refractivity contribution is -0.136. The van der Waals surface area contributed by atoms with Crippen LogP contribution in [0.3, 0.4) is 0 Å². The second kappa shape index (κ2) is 7.10. The number of hydrogen-bond acceptors (Lipinski definition) is 3. The lowest BCUT2D eigenvalue weighted by Gasteiger charge is -2.06. The van der Waals surface area contributed by atoms with Crippen molar-refractivity contribution in [1.29, 1.82) is 0 Å². The predicted octanol–water partition coefficient (Wildman–Crippen LogP) is 0.146. The summed E-state index contributed by atoms with van der Waals surface area (Å²) < 4.78 is 12.9. The smallest absolute Gasteiger partial charge is 0.305 e. The van der Waals surface area contributed by atoms with Crippen molar-refractivity contribution in [2.45, 2.75) is 6.42 Å². The van der Waals surface area contributed by atoms with Crippen molar-refractivity contribution in [1.82, 2.24) is 10.6 Å². The van der Waals surface area contributed by atoms with Crippen molar-refractivity contribution in [2.75, 3.05) is 13.1 Å². The molecule has 1 aromatic rings. The van der Waals surface area contributed by atoms with Crippen LogP contribution in [0, 0.1) is 5.82 Å². The van der Waals surface area contributed by atoms with E-state index in [4.69, 9.17) is 5.11 Å². The Morgan fingerprint density at radius 3 is 2.58 bits per heavy atom. The maximum absolute atomic E-state index is 12.9. The van der Waals surface area contributed by atoms with Gasteiger partial charge in [0, 0.05) is 12.1 Å². The van der Waals surface area contributed by atoms with Gasteiger partial charge in [0.1, 0.15) is 5.82 Å². The van der Waals surface area contributed by atoms with Gasteiger partial charge in [-0.25, -0.2) is 4.39 Å². The first-order valence-corrected chi connectivity index (χ1v) is 5.51. The third kappa shape index (κ3) is 5.62. The van der Waals surface area contributed by atoms with E-state index < -0.39 is 23.6 Å². The van der Waals surface area contributed by atoms with Crippen molar-refractivity contribution >= 4 is 17.8 Å². The molecule has 0 aromatic heterocycles. The fourth-order valence-corrected chi connectivity index (χ4v) is 1.26. The summed E-state index contributed by atoms with van der Waals surface area (Å²) in [5, 5.41) is 13.0. The fraction of sp³-hybridized carbons (Fsp3) is 0.250. The monoisotopic (exact) mass is 268 g/mol. The molecule has 0 heterocycles. The summed E-state index contributed by atoms with van der Waals surface area (Å²) in [6.45, 7) is -0.307. The molecule has 1 rings (SSSR count). The number of carbonyl (C=O) groups is 3. The molecule has 0 aliphatic rings. The molecular formula is C12H13FN2O4. The Balaban J connectivity index is 2.34. The van der Waals surface area contributed by atoms with Gasteiger partial charge in [-0.2, -0.15) is 0 Å². The first-order valence-electron chi connectivity index (χ1n) is 5.51. The lowest BCUT2D eigenvalue weighted by Crippen LogP contribution is -2.37. The van der Waals surface area contributed by atoms with E-state index >= 15 is 0 Å². The van der Waals surface area contributed by atoms with Gasteiger partial charge in [-0.1, -0.05) is 6.07 Å². The standard InChI is InChI=1S/C12H13FN2O4/c13-9-3-1-2-8(6-9)12(19)15-7-10(16)14-5-4-11(17)18/h1-3,6H,4-5,7H2,(H,14,16)(H,15,19)(H,17,18). The predicted molar refractivity (Wildman–Crippen MR) is 64.0 cm³/mol. The number of benzene rings is 1. The minimum absolute atomic E-state index is 0.00992. The summed E-state index contributed by atoms with van der Waals surface area (Å²) in [5.41, 5.74) is 0.110. The van der Waals surface area contributed by atoms with Crippen LogP contribution in [0.1, 0.15) is 16.8 Å². The van der Waals surface area contributed by atoms with E-state index in [1.54, 1.807) is 0 Å². The molecule has 0 spiro atoms. The van der Waals surface area contributed by atoms with E-state index in [0.717, 1.165) is 6.07 Å². The van der Waals surface area contributed by atoms with Crippen LogP contribution in [-0.4, -0.2) is 36.0 Å². The zero-order valence-corrected chi connectivity index (χ0v) is 9.98. The Hall–Kier alpha value is -2.44. The first-order chi connectivity index (χ1) is 8.99. The van der Waals surface area contributed by atoms with Crippen molar-refractivity contribution in [3.8, 4) is 0 Å². The van der Waals surface area contributed by atoms with Gasteiger partial charge in [-0.15, -0.1) is 0 Å². The van der Waals surface area contributed by atoms with Crippen molar-refractivity contribution in [3.63, 3.8) is 0 Å². The highest BCUT2D eigenvalue weighted by Gasteiger charge is 2.08. The van der Waals surface area contributed by atoms with Crippen LogP contribution in [-0.2, 0) is 9.59 Å². The highest BCUT2D eigenvalue weighted by atomic mass is 19.1. The number of halogens is 1. The van der Waals surface area contributed by atoms with E-state index in [0.29, 0.717) is 0 Å². The highest BCUT2D eigenvalue weighted by molar-refractivity contribution is 5.96. The summed E-state index contributed by atoms with van der Waals surface area (Å²) in [7, 11) is 0. The molecule has 0 aliphatic heterocycles. The number of hydrogen-bond donors (Lipinski definition) is 3. The summed E-state index contributed by atoms with van der Waals surface area (Å²) in [4.78, 5) is 33.0. The lowest BCUT2D eigenvalue weighted by atomic mass is 10.2. The molecule has 1 aromatic carbocycles. The van der Waals surface area contributed by atoms with Crippen LogP contribution in [0.2, 0.25) is 0 Å². The number of carbonyl (C=O) groups excluding carboxylic acids is 2. The molecule has 19 heavy (non-hydrogen) atoms. The van der Waals surface area contributed by atoms with Crippen molar-refractivity contribution < 1.29 is 23.9 Å². The Labute approximate surface area is 108 Å². The molecule has 102 valence electrons. The van der Waals surface area contributed by atoms with Gasteiger partial charge < -0.3 is 15.7 Å². The van der Waals surface area contributed by atoms with Crippen LogP contribution in [0.5, 0.6) is 0 Å². The third-order valence-corrected chi connectivity index (χ3v) is 2.16. The Morgan fingerprint density at radius 1 is 1.21 bits per heavy atom. The molecule has 7 heteroatoms. The Bertz CT molecular complexity index is 490. The van der Waals surface area contributed by atoms with E-state index in [9.17, 15) is 18.8 Å². The SMILES string of the molecule is O=C(O)CCNC(=O)CNC(=O)c1cccc(F)c1. The third-order valence-electron chi connectivity index (χ3n) is 2.16. The van der Waals surface area contributed by atoms with E-state index in [2.05, 4.69) is 10.6 Å². The maximum Gasteiger partial charge on any atom is 0.305 e. The normalized spacial score (nSPS) is 9.74. The van der Waals surface area contributed by atoms with Crippen molar-refractivity contribution in [2.24, 2.45) is 0 Å². The molecular weight excluding hydrogens is 255 g/mol. The fourth-order valence-electron chi connectivity index (χ4n) is 1.26. The first kappa shape index (κ1) is 14.6. The average molecular weight is 268 g/mol. The van der Waals surface area contributed by atoms with Crippen LogP contribution in [0.15, 0.2) is 24.3 Å². The van der Waals surface area contributed by atoms with Crippen molar-refractivity contribution in [3.05, 3.63) is 35.6 Å². The average Bonchev–Trinajstić information content (AvgIpc) is 2.35. The number of amides is 2. The molecule has 3 N–H and O–H groups in total. The number of nitrogens with one attached hydrogen (secondary N) is 2. The Morgan fingerprint density at radius 2 is 1.95 bits per heavy atom. The zero-order chi connectivity index (χ0) is 14.3.